The van der Waals surface area contributed by atoms with Crippen LogP contribution in [0, 0.1) is 0 Å². The van der Waals surface area contributed by atoms with Gasteiger partial charge in [-0.3, -0.25) is 9.59 Å². The summed E-state index contributed by atoms with van der Waals surface area (Å²) in [5.41, 5.74) is 10.2. The van der Waals surface area contributed by atoms with Crippen LogP contribution < -0.4 is 20.5 Å². The fourth-order valence-electron chi connectivity index (χ4n) is 4.92. The summed E-state index contributed by atoms with van der Waals surface area (Å²) in [6.07, 6.45) is 0.663. The molecule has 0 atom stereocenters. The zero-order valence-electron chi connectivity index (χ0n) is 20.0. The van der Waals surface area contributed by atoms with Gasteiger partial charge in [-0.2, -0.15) is 0 Å². The lowest BCUT2D eigenvalue weighted by Gasteiger charge is -2.19. The summed E-state index contributed by atoms with van der Waals surface area (Å²) in [4.78, 5) is 50.0. The molecule has 190 valence electrons. The van der Waals surface area contributed by atoms with Crippen LogP contribution in [0.4, 0.5) is 17.1 Å². The largest absolute Gasteiger partial charge is 0.426 e. The first-order valence-electron chi connectivity index (χ1n) is 11.9. The van der Waals surface area contributed by atoms with Crippen LogP contribution in [0.1, 0.15) is 26.4 Å². The van der Waals surface area contributed by atoms with Gasteiger partial charge in [0.05, 0.1) is 5.69 Å². The molecule has 0 saturated carbocycles. The lowest BCUT2D eigenvalue weighted by Crippen LogP contribution is -2.29. The van der Waals surface area contributed by atoms with Crippen molar-refractivity contribution in [2.24, 2.45) is 0 Å². The zero-order valence-corrected chi connectivity index (χ0v) is 20.9. The van der Waals surface area contributed by atoms with Crippen LogP contribution in [0.3, 0.4) is 0 Å². The van der Waals surface area contributed by atoms with Crippen LogP contribution in [0.15, 0.2) is 78.9 Å². The fourth-order valence-corrected chi connectivity index (χ4v) is 5.25. The predicted molar refractivity (Wildman–Crippen MR) is 148 cm³/mol. The molecule has 38 heavy (non-hydrogen) atoms. The van der Waals surface area contributed by atoms with Crippen molar-refractivity contribution < 1.29 is 23.9 Å². The Morgan fingerprint density at radius 2 is 1.74 bits per heavy atom. The minimum atomic E-state index is -2.62. The number of anilines is 3. The van der Waals surface area contributed by atoms with Gasteiger partial charge in [0.15, 0.2) is 0 Å². The molecule has 5 aromatic rings. The van der Waals surface area contributed by atoms with Gasteiger partial charge in [0.2, 0.25) is 0 Å². The van der Waals surface area contributed by atoms with Gasteiger partial charge in [0.1, 0.15) is 11.4 Å². The van der Waals surface area contributed by atoms with Gasteiger partial charge in [-0.1, -0.05) is 24.3 Å². The molecular formula is C28H23N4O5P. The van der Waals surface area contributed by atoms with Gasteiger partial charge < -0.3 is 35.2 Å². The molecule has 0 fully saturated rings. The number of hydrogen-bond acceptors (Lipinski definition) is 6. The van der Waals surface area contributed by atoms with Gasteiger partial charge in [-0.25, -0.2) is 0 Å². The number of amides is 2. The van der Waals surface area contributed by atoms with Crippen LogP contribution in [-0.2, 0) is 6.42 Å². The van der Waals surface area contributed by atoms with E-state index >= 15 is 0 Å². The summed E-state index contributed by atoms with van der Waals surface area (Å²) in [5.74, 6) is -0.165. The molecule has 0 radical (unpaired) electrons. The Bertz CT molecular complexity index is 1710. The molecule has 6 N–H and O–H groups in total. The van der Waals surface area contributed by atoms with Crippen molar-refractivity contribution >= 4 is 59.2 Å². The van der Waals surface area contributed by atoms with Crippen molar-refractivity contribution in [2.75, 3.05) is 22.5 Å². The molecule has 2 heterocycles. The second kappa shape index (κ2) is 9.46. The number of carbonyl (C=O) groups excluding carboxylic acids is 2. The number of nitrogen functional groups attached to an aromatic ring is 1. The number of nitrogens with two attached hydrogens (primary N) is 1. The predicted octanol–water partition coefficient (Wildman–Crippen LogP) is 4.95. The third kappa shape index (κ3) is 4.33. The van der Waals surface area contributed by atoms with Crippen LogP contribution in [0.25, 0.3) is 21.7 Å². The van der Waals surface area contributed by atoms with E-state index in [1.165, 1.54) is 0 Å². The monoisotopic (exact) mass is 526 g/mol. The molecule has 1 aliphatic heterocycles. The first kappa shape index (κ1) is 23.9. The lowest BCUT2D eigenvalue weighted by atomic mass is 10.0. The molecular weight excluding hydrogens is 503 g/mol. The number of hydrogen-bond donors (Lipinski definition) is 5. The molecule has 1 aliphatic rings. The van der Waals surface area contributed by atoms with Gasteiger partial charge in [0.25, 0.3) is 11.8 Å². The molecule has 1 aromatic heterocycles. The van der Waals surface area contributed by atoms with Crippen molar-refractivity contribution in [1.82, 2.24) is 4.98 Å². The van der Waals surface area contributed by atoms with Crippen molar-refractivity contribution in [3.63, 3.8) is 0 Å². The minimum Gasteiger partial charge on any atom is -0.426 e. The number of rotatable bonds is 5. The van der Waals surface area contributed by atoms with Crippen LogP contribution in [-0.4, -0.2) is 33.1 Å². The molecule has 4 aromatic carbocycles. The summed E-state index contributed by atoms with van der Waals surface area (Å²) >= 11 is 0. The second-order valence-corrected chi connectivity index (χ2v) is 9.72. The number of aromatic amines is 1. The minimum absolute atomic E-state index is 0.219. The molecule has 2 amide bonds. The summed E-state index contributed by atoms with van der Waals surface area (Å²) in [5, 5.41) is 5.31. The summed E-state index contributed by atoms with van der Waals surface area (Å²) in [7, 11) is -2.62. The summed E-state index contributed by atoms with van der Waals surface area (Å²) in [6.45, 7) is 0.479. The highest BCUT2D eigenvalue weighted by Crippen LogP contribution is 2.43. The molecule has 0 bridgehead atoms. The smallest absolute Gasteiger partial charge is 0.391 e. The van der Waals surface area contributed by atoms with Gasteiger partial charge in [0, 0.05) is 45.8 Å². The highest BCUT2D eigenvalue weighted by molar-refractivity contribution is 7.39. The molecule has 0 saturated heterocycles. The molecule has 0 unspecified atom stereocenters. The molecule has 6 rings (SSSR count). The normalized spacial score (nSPS) is 12.8. The molecule has 10 heteroatoms. The molecule has 9 nitrogen and oxygen atoms in total. The van der Waals surface area contributed by atoms with Gasteiger partial charge >= 0.3 is 8.60 Å². The summed E-state index contributed by atoms with van der Waals surface area (Å²) < 4.78 is 5.31. The van der Waals surface area contributed by atoms with E-state index in [0.29, 0.717) is 47.0 Å². The Morgan fingerprint density at radius 1 is 0.974 bits per heavy atom. The maximum absolute atomic E-state index is 13.6. The van der Waals surface area contributed by atoms with E-state index in [4.69, 9.17) is 10.3 Å². The number of benzene rings is 4. The average Bonchev–Trinajstić information content (AvgIpc) is 3.53. The SMILES string of the molecule is Nc1ccc(C(=O)Nc2ccc3[nH]c(C(=O)N4CCc5c4cc(OP(O)O)c4ccccc54)cc3c2)cc1. The van der Waals surface area contributed by atoms with E-state index in [0.717, 1.165) is 27.2 Å². The van der Waals surface area contributed by atoms with E-state index in [1.807, 2.05) is 30.3 Å². The number of nitrogens with zero attached hydrogens (tertiary/aromatic N) is 1. The Kier molecular flexibility index (Phi) is 5.96. The van der Waals surface area contributed by atoms with Gasteiger partial charge in [-0.05, 0) is 65.9 Å². The van der Waals surface area contributed by atoms with Crippen LogP contribution in [0.5, 0.6) is 5.75 Å². The Morgan fingerprint density at radius 3 is 2.50 bits per heavy atom. The first-order valence-corrected chi connectivity index (χ1v) is 13.1. The standard InChI is InChI=1S/C28H23N4O5P/c29-18-7-5-16(6-8-18)27(33)30-19-9-10-23-17(13-19)14-24(31-23)28(34)32-12-11-21-20-3-1-2-4-22(20)26(15-25(21)32)37-38(35)36/h1-10,13-15,31,35-36H,11-12,29H2,(H,30,33). The number of H-pyrrole nitrogens is 1. The number of aromatic nitrogens is 1. The lowest BCUT2D eigenvalue weighted by molar-refractivity contribution is 0.0984. The van der Waals surface area contributed by atoms with Crippen LogP contribution in [0.2, 0.25) is 0 Å². The maximum Gasteiger partial charge on any atom is 0.391 e. The van der Waals surface area contributed by atoms with Crippen molar-refractivity contribution in [2.45, 2.75) is 6.42 Å². The van der Waals surface area contributed by atoms with Crippen molar-refractivity contribution in [1.29, 1.82) is 0 Å². The number of nitrogens with one attached hydrogen (secondary N) is 2. The quantitative estimate of drug-likeness (QED) is 0.162. The third-order valence-corrected chi connectivity index (χ3v) is 7.04. The first-order chi connectivity index (χ1) is 18.4. The third-order valence-electron chi connectivity index (χ3n) is 6.68. The van der Waals surface area contributed by atoms with Crippen LogP contribution >= 0.6 is 8.60 Å². The number of carbonyl (C=O) groups is 2. The summed E-state index contributed by atoms with van der Waals surface area (Å²) in [6, 6.07) is 23.0. The van der Waals surface area contributed by atoms with E-state index in [-0.39, 0.29) is 11.8 Å². The van der Waals surface area contributed by atoms with Crippen molar-refractivity contribution in [3.8, 4) is 5.75 Å². The topological polar surface area (TPSA) is 141 Å². The average molecular weight is 526 g/mol. The zero-order chi connectivity index (χ0) is 26.4. The maximum atomic E-state index is 13.6. The van der Waals surface area contributed by atoms with E-state index in [9.17, 15) is 19.4 Å². The fraction of sp³-hybridized carbons (Fsp3) is 0.0714. The van der Waals surface area contributed by atoms with E-state index in [2.05, 4.69) is 10.3 Å². The highest BCUT2D eigenvalue weighted by Gasteiger charge is 2.30. The van der Waals surface area contributed by atoms with Crippen molar-refractivity contribution in [3.05, 3.63) is 95.7 Å². The Hall–Kier alpha value is -4.43. The second-order valence-electron chi connectivity index (χ2n) is 9.03. The number of fused-ring (bicyclic) bond motifs is 4. The Labute approximate surface area is 218 Å². The van der Waals surface area contributed by atoms with E-state index in [1.54, 1.807) is 53.4 Å². The molecule has 0 aliphatic carbocycles. The van der Waals surface area contributed by atoms with E-state index < -0.39 is 8.60 Å². The molecule has 0 spiro atoms. The van der Waals surface area contributed by atoms with Gasteiger partial charge in [-0.15, -0.1) is 0 Å². The Balaban J connectivity index is 1.29. The highest BCUT2D eigenvalue weighted by atomic mass is 31.2.